The Morgan fingerprint density at radius 1 is 1.07 bits per heavy atom. The zero-order chi connectivity index (χ0) is 18.8. The predicted octanol–water partition coefficient (Wildman–Crippen LogP) is 5.01. The summed E-state index contributed by atoms with van der Waals surface area (Å²) in [5, 5.41) is 6.30. The quantitative estimate of drug-likeness (QED) is 0.545. The number of rotatable bonds is 5. The molecular formula is C23H21NO3. The summed E-state index contributed by atoms with van der Waals surface area (Å²) in [6, 6.07) is 19.7. The molecule has 0 spiro atoms. The van der Waals surface area contributed by atoms with Crippen molar-refractivity contribution in [2.45, 2.75) is 19.4 Å². The normalized spacial score (nSPS) is 12.2. The van der Waals surface area contributed by atoms with E-state index < -0.39 is 0 Å². The molecule has 4 aromatic rings. The van der Waals surface area contributed by atoms with E-state index in [2.05, 4.69) is 17.4 Å². The molecule has 1 N–H and O–H groups in total. The van der Waals surface area contributed by atoms with E-state index in [1.807, 2.05) is 55.5 Å². The SMILES string of the molecule is COc1ccccc1C(C)NC(=O)Cc1coc2ccc3ccccc3c12. The Morgan fingerprint density at radius 3 is 2.70 bits per heavy atom. The van der Waals surface area contributed by atoms with Crippen molar-refractivity contribution < 1.29 is 13.9 Å². The van der Waals surface area contributed by atoms with Crippen molar-refractivity contribution >= 4 is 27.6 Å². The third kappa shape index (κ3) is 3.26. The fourth-order valence-corrected chi connectivity index (χ4v) is 3.57. The highest BCUT2D eigenvalue weighted by Gasteiger charge is 2.17. The second-order valence-electron chi connectivity index (χ2n) is 6.63. The smallest absolute Gasteiger partial charge is 0.225 e. The van der Waals surface area contributed by atoms with Gasteiger partial charge in [0.1, 0.15) is 11.3 Å². The molecule has 0 aliphatic rings. The molecule has 0 saturated heterocycles. The maximum absolute atomic E-state index is 12.7. The molecule has 136 valence electrons. The average molecular weight is 359 g/mol. The summed E-state index contributed by atoms with van der Waals surface area (Å²) in [5.41, 5.74) is 2.65. The molecule has 0 radical (unpaired) electrons. The number of hydrogen-bond acceptors (Lipinski definition) is 3. The number of methoxy groups -OCH3 is 1. The van der Waals surface area contributed by atoms with Crippen LogP contribution in [-0.2, 0) is 11.2 Å². The molecule has 1 aromatic heterocycles. The minimum atomic E-state index is -0.149. The molecule has 4 heteroatoms. The van der Waals surface area contributed by atoms with Crippen LogP contribution in [0.5, 0.6) is 5.75 Å². The van der Waals surface area contributed by atoms with Crippen molar-refractivity contribution in [2.75, 3.05) is 7.11 Å². The van der Waals surface area contributed by atoms with Gasteiger partial charge in [-0.25, -0.2) is 0 Å². The van der Waals surface area contributed by atoms with E-state index in [0.29, 0.717) is 0 Å². The highest BCUT2D eigenvalue weighted by molar-refractivity contribution is 6.08. The first kappa shape index (κ1) is 17.2. The molecule has 1 atom stereocenters. The summed E-state index contributed by atoms with van der Waals surface area (Å²) in [4.78, 5) is 12.7. The number of benzene rings is 3. The van der Waals surface area contributed by atoms with Gasteiger partial charge in [-0.3, -0.25) is 4.79 Å². The number of amides is 1. The molecule has 0 aliphatic heterocycles. The Labute approximate surface area is 157 Å². The first-order valence-electron chi connectivity index (χ1n) is 8.97. The molecule has 0 fully saturated rings. The molecule has 0 saturated carbocycles. The van der Waals surface area contributed by atoms with E-state index in [4.69, 9.17) is 9.15 Å². The summed E-state index contributed by atoms with van der Waals surface area (Å²) in [7, 11) is 1.64. The van der Waals surface area contributed by atoms with Crippen molar-refractivity contribution in [3.8, 4) is 5.75 Å². The topological polar surface area (TPSA) is 51.5 Å². The fourth-order valence-electron chi connectivity index (χ4n) is 3.57. The van der Waals surface area contributed by atoms with E-state index >= 15 is 0 Å². The van der Waals surface area contributed by atoms with Crippen molar-refractivity contribution in [1.82, 2.24) is 5.32 Å². The summed E-state index contributed by atoms with van der Waals surface area (Å²) >= 11 is 0. The van der Waals surface area contributed by atoms with Gasteiger partial charge in [0.2, 0.25) is 5.91 Å². The lowest BCUT2D eigenvalue weighted by atomic mass is 10.0. The third-order valence-electron chi connectivity index (χ3n) is 4.87. The first-order chi connectivity index (χ1) is 13.2. The first-order valence-corrected chi connectivity index (χ1v) is 8.97. The number of furan rings is 1. The van der Waals surface area contributed by atoms with Gasteiger partial charge in [-0.1, -0.05) is 48.5 Å². The summed E-state index contributed by atoms with van der Waals surface area (Å²) in [6.07, 6.45) is 1.95. The van der Waals surface area contributed by atoms with Gasteiger partial charge in [-0.05, 0) is 29.8 Å². The van der Waals surface area contributed by atoms with Crippen LogP contribution in [0.15, 0.2) is 71.3 Å². The molecule has 3 aromatic carbocycles. The maximum Gasteiger partial charge on any atom is 0.225 e. The Hall–Kier alpha value is -3.27. The van der Waals surface area contributed by atoms with Crippen LogP contribution in [-0.4, -0.2) is 13.0 Å². The zero-order valence-electron chi connectivity index (χ0n) is 15.4. The minimum Gasteiger partial charge on any atom is -0.496 e. The summed E-state index contributed by atoms with van der Waals surface area (Å²) in [5.74, 6) is 0.717. The van der Waals surface area contributed by atoms with Crippen molar-refractivity contribution in [3.63, 3.8) is 0 Å². The van der Waals surface area contributed by atoms with E-state index in [1.54, 1.807) is 13.4 Å². The largest absolute Gasteiger partial charge is 0.496 e. The minimum absolute atomic E-state index is 0.0518. The second-order valence-corrected chi connectivity index (χ2v) is 6.63. The number of para-hydroxylation sites is 1. The van der Waals surface area contributed by atoms with Gasteiger partial charge in [0.05, 0.1) is 25.8 Å². The average Bonchev–Trinajstić information content (AvgIpc) is 3.11. The Bertz CT molecular complexity index is 1110. The molecule has 1 unspecified atom stereocenters. The highest BCUT2D eigenvalue weighted by Crippen LogP contribution is 2.30. The Morgan fingerprint density at radius 2 is 1.85 bits per heavy atom. The van der Waals surface area contributed by atoms with Gasteiger partial charge in [0.15, 0.2) is 0 Å². The summed E-state index contributed by atoms with van der Waals surface area (Å²) < 4.78 is 11.1. The van der Waals surface area contributed by atoms with E-state index in [1.165, 1.54) is 0 Å². The number of carbonyl (C=O) groups is 1. The number of carbonyl (C=O) groups excluding carboxylic acids is 1. The highest BCUT2D eigenvalue weighted by atomic mass is 16.5. The van der Waals surface area contributed by atoms with Gasteiger partial charge < -0.3 is 14.5 Å². The van der Waals surface area contributed by atoms with Gasteiger partial charge in [0, 0.05) is 16.5 Å². The Balaban J connectivity index is 1.59. The Kier molecular flexibility index (Phi) is 4.55. The van der Waals surface area contributed by atoms with E-state index in [-0.39, 0.29) is 18.4 Å². The predicted molar refractivity (Wildman–Crippen MR) is 107 cm³/mol. The van der Waals surface area contributed by atoms with Crippen LogP contribution >= 0.6 is 0 Å². The molecule has 1 heterocycles. The number of hydrogen-bond donors (Lipinski definition) is 1. The molecule has 27 heavy (non-hydrogen) atoms. The van der Waals surface area contributed by atoms with Crippen LogP contribution in [0.4, 0.5) is 0 Å². The molecule has 0 bridgehead atoms. The molecule has 1 amide bonds. The molecule has 0 aliphatic carbocycles. The van der Waals surface area contributed by atoms with E-state index in [0.717, 1.165) is 38.6 Å². The van der Waals surface area contributed by atoms with Crippen LogP contribution in [0.2, 0.25) is 0 Å². The monoisotopic (exact) mass is 359 g/mol. The van der Waals surface area contributed by atoms with Crippen molar-refractivity contribution in [1.29, 1.82) is 0 Å². The van der Waals surface area contributed by atoms with Crippen molar-refractivity contribution in [2.24, 2.45) is 0 Å². The van der Waals surface area contributed by atoms with Crippen LogP contribution in [0, 0.1) is 0 Å². The molecule has 4 rings (SSSR count). The van der Waals surface area contributed by atoms with Crippen LogP contribution in [0.3, 0.4) is 0 Å². The zero-order valence-corrected chi connectivity index (χ0v) is 15.4. The summed E-state index contributed by atoms with van der Waals surface area (Å²) in [6.45, 7) is 1.96. The number of ether oxygens (including phenoxy) is 1. The van der Waals surface area contributed by atoms with Gasteiger partial charge in [-0.15, -0.1) is 0 Å². The van der Waals surface area contributed by atoms with Gasteiger partial charge in [-0.2, -0.15) is 0 Å². The third-order valence-corrected chi connectivity index (χ3v) is 4.87. The lowest BCUT2D eigenvalue weighted by Gasteiger charge is -2.17. The second kappa shape index (κ2) is 7.16. The number of fused-ring (bicyclic) bond motifs is 3. The maximum atomic E-state index is 12.7. The molecule has 4 nitrogen and oxygen atoms in total. The standard InChI is InChI=1S/C23H21NO3/c1-15(18-8-5-6-10-20(18)26-2)24-22(25)13-17-14-27-21-12-11-16-7-3-4-9-19(16)23(17)21/h3-12,14-15H,13H2,1-2H3,(H,24,25). The number of nitrogens with one attached hydrogen (secondary N) is 1. The lowest BCUT2D eigenvalue weighted by molar-refractivity contribution is -0.121. The van der Waals surface area contributed by atoms with Crippen LogP contribution in [0.1, 0.15) is 24.1 Å². The van der Waals surface area contributed by atoms with Crippen molar-refractivity contribution in [3.05, 3.63) is 78.1 Å². The fraction of sp³-hybridized carbons (Fsp3) is 0.174. The van der Waals surface area contributed by atoms with Gasteiger partial charge >= 0.3 is 0 Å². The van der Waals surface area contributed by atoms with Crippen LogP contribution in [0.25, 0.3) is 21.7 Å². The molecular weight excluding hydrogens is 338 g/mol. The lowest BCUT2D eigenvalue weighted by Crippen LogP contribution is -2.28. The van der Waals surface area contributed by atoms with Crippen LogP contribution < -0.4 is 10.1 Å². The van der Waals surface area contributed by atoms with Gasteiger partial charge in [0.25, 0.3) is 0 Å². The van der Waals surface area contributed by atoms with E-state index in [9.17, 15) is 4.79 Å².